The smallest absolute Gasteiger partial charge is 0.280 e. The Morgan fingerprint density at radius 1 is 1.33 bits per heavy atom. The van der Waals surface area contributed by atoms with Crippen molar-refractivity contribution in [2.24, 2.45) is 0 Å². The summed E-state index contributed by atoms with van der Waals surface area (Å²) in [5.74, 6) is 0.929. The first-order valence-electron chi connectivity index (χ1n) is 6.40. The first kappa shape index (κ1) is 15.3. The zero-order valence-corrected chi connectivity index (χ0v) is 12.1. The summed E-state index contributed by atoms with van der Waals surface area (Å²) in [5.41, 5.74) is 0.329. The molecule has 0 bridgehead atoms. The molecule has 2 aromatic heterocycles. The molecule has 21 heavy (non-hydrogen) atoms. The highest BCUT2D eigenvalue weighted by molar-refractivity contribution is 5.43. The highest BCUT2D eigenvalue weighted by Gasteiger charge is 2.18. The molecule has 0 aliphatic heterocycles. The van der Waals surface area contributed by atoms with Gasteiger partial charge in [-0.15, -0.1) is 0 Å². The number of anilines is 1. The van der Waals surface area contributed by atoms with Crippen molar-refractivity contribution in [2.45, 2.75) is 13.3 Å². The van der Waals surface area contributed by atoms with Crippen LogP contribution in [0.3, 0.4) is 0 Å². The lowest BCUT2D eigenvalue weighted by molar-refractivity contribution is 0.142. The molecule has 114 valence electrons. The number of hydrogen-bond donors (Lipinski definition) is 0. The summed E-state index contributed by atoms with van der Waals surface area (Å²) in [5, 5.41) is 4.07. The number of methoxy groups -OCH3 is 1. The summed E-state index contributed by atoms with van der Waals surface area (Å²) in [6.07, 6.45) is -1.28. The summed E-state index contributed by atoms with van der Waals surface area (Å²) in [4.78, 5) is 10.0. The number of ether oxygens (including phenoxy) is 1. The lowest BCUT2D eigenvalue weighted by Gasteiger charge is -2.18. The van der Waals surface area contributed by atoms with Crippen LogP contribution < -0.4 is 4.90 Å². The Morgan fingerprint density at radius 3 is 2.76 bits per heavy atom. The monoisotopic (exact) mass is 297 g/mol. The molecule has 0 aromatic carbocycles. The molecule has 0 atom stereocenters. The Balaban J connectivity index is 2.33. The normalized spacial score (nSPS) is 11.1. The average Bonchev–Trinajstić information content (AvgIpc) is 2.87. The Morgan fingerprint density at radius 2 is 2.10 bits per heavy atom. The summed E-state index contributed by atoms with van der Waals surface area (Å²) in [7, 11) is 3.45. The van der Waals surface area contributed by atoms with Crippen LogP contribution in [0.2, 0.25) is 0 Å². The summed E-state index contributed by atoms with van der Waals surface area (Å²) in [6, 6.07) is 2.97. The highest BCUT2D eigenvalue weighted by Crippen LogP contribution is 2.23. The number of rotatable bonds is 6. The van der Waals surface area contributed by atoms with E-state index >= 15 is 0 Å². The van der Waals surface area contributed by atoms with Gasteiger partial charge in [-0.1, -0.05) is 0 Å². The van der Waals surface area contributed by atoms with Crippen molar-refractivity contribution in [1.82, 2.24) is 19.7 Å². The van der Waals surface area contributed by atoms with E-state index < -0.39 is 6.43 Å². The lowest BCUT2D eigenvalue weighted by Crippen LogP contribution is -2.23. The highest BCUT2D eigenvalue weighted by atomic mass is 19.3. The van der Waals surface area contributed by atoms with Crippen LogP contribution >= 0.6 is 0 Å². The third kappa shape index (κ3) is 3.52. The van der Waals surface area contributed by atoms with Crippen LogP contribution in [0.4, 0.5) is 14.6 Å². The molecule has 2 aromatic rings. The fraction of sp³-hybridized carbons (Fsp3) is 0.462. The molecule has 0 saturated heterocycles. The Kier molecular flexibility index (Phi) is 4.79. The van der Waals surface area contributed by atoms with Crippen molar-refractivity contribution >= 4 is 5.82 Å². The topological polar surface area (TPSA) is 56.1 Å². The minimum Gasteiger partial charge on any atom is -0.383 e. The van der Waals surface area contributed by atoms with Crippen molar-refractivity contribution in [3.05, 3.63) is 29.8 Å². The van der Waals surface area contributed by atoms with Crippen LogP contribution in [0.25, 0.3) is 5.82 Å². The largest absolute Gasteiger partial charge is 0.383 e. The van der Waals surface area contributed by atoms with Crippen LogP contribution in [0, 0.1) is 6.92 Å². The first-order chi connectivity index (χ1) is 10.0. The Hall–Kier alpha value is -2.09. The van der Waals surface area contributed by atoms with E-state index in [1.165, 1.54) is 12.4 Å². The summed E-state index contributed by atoms with van der Waals surface area (Å²) < 4.78 is 32.2. The second-order valence-electron chi connectivity index (χ2n) is 4.57. The summed E-state index contributed by atoms with van der Waals surface area (Å²) in [6.45, 7) is 2.83. The number of aromatic nitrogens is 4. The predicted octanol–water partition coefficient (Wildman–Crippen LogP) is 1.99. The van der Waals surface area contributed by atoms with E-state index in [9.17, 15) is 8.78 Å². The van der Waals surface area contributed by atoms with Gasteiger partial charge in [0.05, 0.1) is 12.3 Å². The van der Waals surface area contributed by atoms with E-state index in [-0.39, 0.29) is 5.69 Å². The number of hydrogen-bond acceptors (Lipinski definition) is 5. The van der Waals surface area contributed by atoms with E-state index in [0.29, 0.717) is 30.5 Å². The average molecular weight is 297 g/mol. The van der Waals surface area contributed by atoms with Crippen molar-refractivity contribution in [3.63, 3.8) is 0 Å². The molecule has 0 amide bonds. The second-order valence-corrected chi connectivity index (χ2v) is 4.57. The Labute approximate surface area is 121 Å². The van der Waals surface area contributed by atoms with Gasteiger partial charge in [0.1, 0.15) is 17.8 Å². The van der Waals surface area contributed by atoms with Crippen molar-refractivity contribution in [1.29, 1.82) is 0 Å². The van der Waals surface area contributed by atoms with Crippen molar-refractivity contribution < 1.29 is 13.5 Å². The SMILES string of the molecule is COCCN(C)c1cc(-n2nc(C)cc2C(F)F)ncn1. The number of likely N-dealkylation sites (N-methyl/N-ethyl adjacent to an activating group) is 1. The first-order valence-corrected chi connectivity index (χ1v) is 6.40. The molecule has 2 rings (SSSR count). The molecule has 8 heteroatoms. The zero-order valence-electron chi connectivity index (χ0n) is 12.1. The van der Waals surface area contributed by atoms with Crippen LogP contribution in [0.15, 0.2) is 18.5 Å². The molecule has 0 N–H and O–H groups in total. The van der Waals surface area contributed by atoms with Crippen LogP contribution in [0.5, 0.6) is 0 Å². The molecular formula is C13H17F2N5O. The van der Waals surface area contributed by atoms with Crippen molar-refractivity contribution in [3.8, 4) is 5.82 Å². The van der Waals surface area contributed by atoms with Gasteiger partial charge in [0, 0.05) is 26.8 Å². The fourth-order valence-electron chi connectivity index (χ4n) is 1.86. The maximum Gasteiger partial charge on any atom is 0.280 e. The van der Waals surface area contributed by atoms with E-state index in [1.807, 2.05) is 11.9 Å². The van der Waals surface area contributed by atoms with Gasteiger partial charge in [0.15, 0.2) is 5.82 Å². The molecule has 0 saturated carbocycles. The molecule has 0 aliphatic carbocycles. The maximum absolute atomic E-state index is 13.0. The van der Waals surface area contributed by atoms with E-state index in [4.69, 9.17) is 4.74 Å². The van der Waals surface area contributed by atoms with E-state index in [1.54, 1.807) is 20.1 Å². The lowest BCUT2D eigenvalue weighted by atomic mass is 10.4. The molecular weight excluding hydrogens is 280 g/mol. The van der Waals surface area contributed by atoms with Crippen LogP contribution in [-0.2, 0) is 4.74 Å². The van der Waals surface area contributed by atoms with Crippen LogP contribution in [0.1, 0.15) is 17.8 Å². The molecule has 2 heterocycles. The predicted molar refractivity (Wildman–Crippen MR) is 74.0 cm³/mol. The quantitative estimate of drug-likeness (QED) is 0.816. The summed E-state index contributed by atoms with van der Waals surface area (Å²) >= 11 is 0. The van der Waals surface area contributed by atoms with Gasteiger partial charge in [-0.05, 0) is 13.0 Å². The molecule has 0 aliphatic rings. The minimum atomic E-state index is -2.61. The molecule has 6 nitrogen and oxygen atoms in total. The number of halogens is 2. The maximum atomic E-state index is 13.0. The van der Waals surface area contributed by atoms with Gasteiger partial charge < -0.3 is 9.64 Å². The third-order valence-electron chi connectivity index (χ3n) is 2.96. The number of alkyl halides is 2. The van der Waals surface area contributed by atoms with Gasteiger partial charge in [0.2, 0.25) is 0 Å². The zero-order chi connectivity index (χ0) is 15.4. The molecule has 0 radical (unpaired) electrons. The second kappa shape index (κ2) is 6.57. The van der Waals surface area contributed by atoms with Crippen molar-refractivity contribution in [2.75, 3.05) is 32.2 Å². The third-order valence-corrected chi connectivity index (χ3v) is 2.96. The minimum absolute atomic E-state index is 0.184. The molecule has 0 fully saturated rings. The standard InChI is InChI=1S/C13H17F2N5O/c1-9-6-10(13(14)15)20(18-9)12-7-11(16-8-17-12)19(2)4-5-21-3/h6-8,13H,4-5H2,1-3H3. The molecule has 0 unspecified atom stereocenters. The van der Waals surface area contributed by atoms with Gasteiger partial charge >= 0.3 is 0 Å². The fourth-order valence-corrected chi connectivity index (χ4v) is 1.86. The van der Waals surface area contributed by atoms with Gasteiger partial charge in [-0.2, -0.15) is 5.10 Å². The van der Waals surface area contributed by atoms with Gasteiger partial charge in [0.25, 0.3) is 6.43 Å². The van der Waals surface area contributed by atoms with Gasteiger partial charge in [-0.25, -0.2) is 23.4 Å². The Bertz CT molecular complexity index is 602. The van der Waals surface area contributed by atoms with E-state index in [0.717, 1.165) is 4.68 Å². The number of nitrogens with zero attached hydrogens (tertiary/aromatic N) is 5. The molecule has 0 spiro atoms. The van der Waals surface area contributed by atoms with E-state index in [2.05, 4.69) is 15.1 Å². The van der Waals surface area contributed by atoms with Gasteiger partial charge in [-0.3, -0.25) is 0 Å². The number of aryl methyl sites for hydroxylation is 1. The van der Waals surface area contributed by atoms with Crippen LogP contribution in [-0.4, -0.2) is 47.1 Å².